The zero-order chi connectivity index (χ0) is 13.8. The fraction of sp³-hybridized carbons (Fsp3) is 0.545. The number of rotatable bonds is 4. The van der Waals surface area contributed by atoms with Crippen molar-refractivity contribution in [3.63, 3.8) is 0 Å². The third kappa shape index (κ3) is 4.24. The molecule has 1 N–H and O–H groups in total. The third-order valence-electron chi connectivity index (χ3n) is 2.78. The number of hydrogen-bond donors (Lipinski definition) is 1. The third-order valence-corrected chi connectivity index (χ3v) is 3.46. The standard InChI is InChI=1S/C11H14BF2NO3S/c1-7-5-8-3-2-4-9(12(17-7)18-8)15-10(16)6-19-11(13)14/h2-3,8-9,11H,1,4-6H2,(H,15,16)/t8-,9+/m1/s1. The maximum atomic E-state index is 12.0. The van der Waals surface area contributed by atoms with Gasteiger partial charge in [-0.05, 0) is 6.42 Å². The quantitative estimate of drug-likeness (QED) is 0.632. The van der Waals surface area contributed by atoms with Crippen LogP contribution in [0.2, 0.25) is 0 Å². The Morgan fingerprint density at radius 3 is 3.21 bits per heavy atom. The van der Waals surface area contributed by atoms with Crippen LogP contribution in [0.4, 0.5) is 8.78 Å². The monoisotopic (exact) mass is 289 g/mol. The van der Waals surface area contributed by atoms with E-state index in [1.165, 1.54) is 0 Å². The van der Waals surface area contributed by atoms with Gasteiger partial charge in [0.15, 0.2) is 0 Å². The Hall–Kier alpha value is -1.02. The van der Waals surface area contributed by atoms with Gasteiger partial charge in [-0.1, -0.05) is 30.5 Å². The maximum Gasteiger partial charge on any atom is 0.549 e. The van der Waals surface area contributed by atoms with Crippen molar-refractivity contribution in [3.8, 4) is 0 Å². The van der Waals surface area contributed by atoms with Crippen molar-refractivity contribution in [2.75, 3.05) is 5.75 Å². The molecule has 4 nitrogen and oxygen atoms in total. The summed E-state index contributed by atoms with van der Waals surface area (Å²) in [6.07, 6.45) is 4.84. The van der Waals surface area contributed by atoms with Crippen LogP contribution in [-0.4, -0.2) is 36.6 Å². The van der Waals surface area contributed by atoms with E-state index in [4.69, 9.17) is 9.31 Å². The SMILES string of the molecule is C=C1C[C@H]2C=CC[C@H](NC(=O)CSC(F)F)B(O1)O2. The van der Waals surface area contributed by atoms with Crippen molar-refractivity contribution in [2.24, 2.45) is 0 Å². The lowest BCUT2D eigenvalue weighted by molar-refractivity contribution is -0.119. The van der Waals surface area contributed by atoms with E-state index in [0.717, 1.165) is 0 Å². The Morgan fingerprint density at radius 1 is 1.68 bits per heavy atom. The van der Waals surface area contributed by atoms with E-state index >= 15 is 0 Å². The van der Waals surface area contributed by atoms with Crippen LogP contribution >= 0.6 is 11.8 Å². The fourth-order valence-electron chi connectivity index (χ4n) is 1.98. The predicted octanol–water partition coefficient (Wildman–Crippen LogP) is 1.73. The summed E-state index contributed by atoms with van der Waals surface area (Å²) < 4.78 is 35.1. The lowest BCUT2D eigenvalue weighted by Gasteiger charge is -2.30. The molecular formula is C11H14BF2NO3S. The molecule has 1 amide bonds. The average Bonchev–Trinajstić information content (AvgIpc) is 2.47. The molecule has 0 radical (unpaired) electrons. The summed E-state index contributed by atoms with van der Waals surface area (Å²) in [5.41, 5.74) is 0. The van der Waals surface area contributed by atoms with Crippen LogP contribution in [0.5, 0.6) is 0 Å². The first-order valence-electron chi connectivity index (χ1n) is 5.90. The van der Waals surface area contributed by atoms with E-state index in [-0.39, 0.29) is 17.8 Å². The Labute approximate surface area is 114 Å². The molecule has 0 saturated carbocycles. The molecule has 0 aliphatic carbocycles. The van der Waals surface area contributed by atoms with Gasteiger partial charge >= 0.3 is 7.12 Å². The molecule has 0 aromatic carbocycles. The number of alkyl halides is 2. The molecule has 2 aliphatic heterocycles. The molecule has 8 heteroatoms. The molecule has 0 aromatic heterocycles. The Kier molecular flexibility index (Phi) is 4.87. The van der Waals surface area contributed by atoms with Gasteiger partial charge in [0.2, 0.25) is 5.91 Å². The molecule has 2 atom stereocenters. The minimum absolute atomic E-state index is 0.0939. The van der Waals surface area contributed by atoms with Gasteiger partial charge in [0.25, 0.3) is 5.76 Å². The van der Waals surface area contributed by atoms with Gasteiger partial charge in [-0.25, -0.2) is 0 Å². The summed E-state index contributed by atoms with van der Waals surface area (Å²) in [7, 11) is -0.609. The van der Waals surface area contributed by atoms with Crippen LogP contribution in [0.1, 0.15) is 12.8 Å². The van der Waals surface area contributed by atoms with Crippen molar-refractivity contribution in [1.82, 2.24) is 5.32 Å². The molecule has 0 aromatic rings. The van der Waals surface area contributed by atoms with Gasteiger partial charge < -0.3 is 14.6 Å². The predicted molar refractivity (Wildman–Crippen MR) is 69.6 cm³/mol. The molecule has 2 rings (SSSR count). The lowest BCUT2D eigenvalue weighted by atomic mass is 9.75. The normalized spacial score (nSPS) is 26.1. The molecule has 1 saturated heterocycles. The number of thioether (sulfide) groups is 1. The van der Waals surface area contributed by atoms with Gasteiger partial charge in [0.1, 0.15) is 0 Å². The van der Waals surface area contributed by atoms with Gasteiger partial charge in [0.05, 0.1) is 23.6 Å². The van der Waals surface area contributed by atoms with Gasteiger partial charge in [-0.2, -0.15) is 8.78 Å². The van der Waals surface area contributed by atoms with Crippen molar-refractivity contribution in [1.29, 1.82) is 0 Å². The molecule has 2 heterocycles. The highest BCUT2D eigenvalue weighted by Crippen LogP contribution is 2.24. The van der Waals surface area contributed by atoms with E-state index in [1.807, 2.05) is 12.2 Å². The van der Waals surface area contributed by atoms with Crippen molar-refractivity contribution in [3.05, 3.63) is 24.5 Å². The number of carbonyl (C=O) groups is 1. The van der Waals surface area contributed by atoms with Crippen molar-refractivity contribution >= 4 is 24.8 Å². The highest BCUT2D eigenvalue weighted by molar-refractivity contribution is 8.00. The van der Waals surface area contributed by atoms with Crippen molar-refractivity contribution < 1.29 is 22.9 Å². The zero-order valence-corrected chi connectivity index (χ0v) is 11.0. The summed E-state index contributed by atoms with van der Waals surface area (Å²) >= 11 is 0.294. The number of nitrogens with one attached hydrogen (secondary N) is 1. The second-order valence-corrected chi connectivity index (χ2v) is 5.29. The lowest BCUT2D eigenvalue weighted by Crippen LogP contribution is -2.51. The molecule has 1 fully saturated rings. The van der Waals surface area contributed by atoms with Gasteiger partial charge in [-0.3, -0.25) is 4.79 Å². The van der Waals surface area contributed by atoms with Gasteiger partial charge in [0, 0.05) is 6.42 Å². The van der Waals surface area contributed by atoms with Crippen LogP contribution < -0.4 is 5.32 Å². The van der Waals surface area contributed by atoms with E-state index in [2.05, 4.69) is 11.9 Å². The molecule has 0 unspecified atom stereocenters. The summed E-state index contributed by atoms with van der Waals surface area (Å²) in [5, 5.41) is 2.65. The van der Waals surface area contributed by atoms with Crippen LogP contribution in [0.15, 0.2) is 24.5 Å². The number of halogens is 2. The number of fused-ring (bicyclic) bond motifs is 2. The molecular weight excluding hydrogens is 275 g/mol. The number of carbonyl (C=O) groups excluding carboxylic acids is 1. The van der Waals surface area contributed by atoms with E-state index < -0.39 is 18.8 Å². The molecule has 104 valence electrons. The second kappa shape index (κ2) is 6.43. The van der Waals surface area contributed by atoms with Crippen LogP contribution in [0.25, 0.3) is 0 Å². The second-order valence-electron chi connectivity index (χ2n) is 4.31. The van der Waals surface area contributed by atoms with Crippen LogP contribution in [0.3, 0.4) is 0 Å². The summed E-state index contributed by atoms with van der Waals surface area (Å²) in [6, 6.07) is 0. The zero-order valence-electron chi connectivity index (χ0n) is 10.2. The smallest absolute Gasteiger partial charge is 0.538 e. The first kappa shape index (κ1) is 14.4. The fourth-order valence-corrected chi connectivity index (χ4v) is 2.34. The van der Waals surface area contributed by atoms with Crippen LogP contribution in [0, 0.1) is 0 Å². The average molecular weight is 289 g/mol. The minimum atomic E-state index is -2.55. The highest BCUT2D eigenvalue weighted by atomic mass is 32.2. The molecule has 19 heavy (non-hydrogen) atoms. The summed E-state index contributed by atoms with van der Waals surface area (Å²) in [5.74, 6) is -3.07. The Bertz CT molecular complexity index is 394. The number of amides is 1. The van der Waals surface area contributed by atoms with Crippen LogP contribution in [-0.2, 0) is 14.1 Å². The topological polar surface area (TPSA) is 47.6 Å². The van der Waals surface area contributed by atoms with E-state index in [9.17, 15) is 13.6 Å². The first-order valence-corrected chi connectivity index (χ1v) is 6.95. The Morgan fingerprint density at radius 2 is 2.47 bits per heavy atom. The summed E-state index contributed by atoms with van der Waals surface area (Å²) in [4.78, 5) is 11.5. The highest BCUT2D eigenvalue weighted by Gasteiger charge is 2.40. The largest absolute Gasteiger partial charge is 0.549 e. The first-order chi connectivity index (χ1) is 9.04. The van der Waals surface area contributed by atoms with E-state index in [1.54, 1.807) is 0 Å². The van der Waals surface area contributed by atoms with Gasteiger partial charge in [-0.15, -0.1) is 0 Å². The molecule has 2 bridgehead atoms. The van der Waals surface area contributed by atoms with E-state index in [0.29, 0.717) is 30.4 Å². The van der Waals surface area contributed by atoms with Crippen molar-refractivity contribution in [2.45, 2.75) is 30.6 Å². The maximum absolute atomic E-state index is 12.0. The Balaban J connectivity index is 1.90. The minimum Gasteiger partial charge on any atom is -0.538 e. The molecule has 0 spiro atoms. The number of hydrogen-bond acceptors (Lipinski definition) is 4. The summed E-state index contributed by atoms with van der Waals surface area (Å²) in [6.45, 7) is 3.76. The molecule has 2 aliphatic rings.